The molecule has 0 aromatic rings. The normalized spacial score (nSPS) is 47.9. The maximum atomic E-state index is 12.6. The number of hydrogen-bond acceptors (Lipinski definition) is 3. The van der Waals surface area contributed by atoms with E-state index in [0.29, 0.717) is 28.3 Å². The Morgan fingerprint density at radius 3 is 2.33 bits per heavy atom. The summed E-state index contributed by atoms with van der Waals surface area (Å²) in [5.41, 5.74) is 1.48. The molecule has 0 saturated heterocycles. The van der Waals surface area contributed by atoms with Gasteiger partial charge in [0, 0.05) is 12.5 Å². The van der Waals surface area contributed by atoms with Crippen LogP contribution in [0.4, 0.5) is 0 Å². The Morgan fingerprint density at radius 1 is 0.972 bits per heavy atom. The molecule has 36 heavy (non-hydrogen) atoms. The van der Waals surface area contributed by atoms with Gasteiger partial charge in [-0.2, -0.15) is 0 Å². The molecule has 3 nitrogen and oxygen atoms in total. The van der Waals surface area contributed by atoms with E-state index in [1.165, 1.54) is 51.4 Å². The summed E-state index contributed by atoms with van der Waals surface area (Å²) < 4.78 is 12.1. The van der Waals surface area contributed by atoms with Crippen LogP contribution in [0.2, 0.25) is 19.6 Å². The SMILES string of the molecule is CO[C@@H]1CC2C3CC[C@H]([C@H](C)/C=C/[C@@H](C)C(C)C(=O)O[Si](C)(C)C)[C@@]3(C)CCC2[C@@]2(C)CCC3CC312. The van der Waals surface area contributed by atoms with Crippen molar-refractivity contribution in [2.45, 2.75) is 112 Å². The summed E-state index contributed by atoms with van der Waals surface area (Å²) in [5, 5.41) is 0. The summed E-state index contributed by atoms with van der Waals surface area (Å²) in [7, 11) is 0.157. The first-order valence-corrected chi connectivity index (χ1v) is 18.6. The van der Waals surface area contributed by atoms with Gasteiger partial charge in [0.2, 0.25) is 8.32 Å². The lowest BCUT2D eigenvalue weighted by Crippen LogP contribution is -2.57. The number of fused-ring (bicyclic) bond motifs is 4. The summed E-state index contributed by atoms with van der Waals surface area (Å²) in [6.45, 7) is 18.2. The average molecular weight is 515 g/mol. The Bertz CT molecular complexity index is 892. The van der Waals surface area contributed by atoms with E-state index in [0.717, 1.165) is 29.6 Å². The first-order chi connectivity index (χ1) is 16.8. The van der Waals surface area contributed by atoms with Crippen LogP contribution < -0.4 is 0 Å². The van der Waals surface area contributed by atoms with E-state index in [4.69, 9.17) is 9.16 Å². The Balaban J connectivity index is 1.28. The molecule has 6 unspecified atom stereocenters. The number of hydrogen-bond donors (Lipinski definition) is 0. The van der Waals surface area contributed by atoms with Gasteiger partial charge in [0.1, 0.15) is 0 Å². The quantitative estimate of drug-likeness (QED) is 0.254. The molecule has 5 saturated carbocycles. The van der Waals surface area contributed by atoms with Crippen molar-refractivity contribution in [2.24, 2.45) is 63.6 Å². The van der Waals surface area contributed by atoms with E-state index in [9.17, 15) is 4.79 Å². The number of allylic oxidation sites excluding steroid dienone is 2. The molecule has 0 bridgehead atoms. The third-order valence-corrected chi connectivity index (χ3v) is 13.6. The minimum atomic E-state index is -1.84. The zero-order valence-corrected chi connectivity index (χ0v) is 25.7. The van der Waals surface area contributed by atoms with Crippen LogP contribution in [0, 0.1) is 63.6 Å². The van der Waals surface area contributed by atoms with E-state index in [1.807, 2.05) is 14.0 Å². The van der Waals surface area contributed by atoms with E-state index in [1.54, 1.807) is 0 Å². The Kier molecular flexibility index (Phi) is 6.72. The number of methoxy groups -OCH3 is 1. The Morgan fingerprint density at radius 2 is 1.69 bits per heavy atom. The first-order valence-electron chi connectivity index (χ1n) is 15.2. The average Bonchev–Trinajstić information content (AvgIpc) is 3.31. The molecule has 1 spiro atoms. The summed E-state index contributed by atoms with van der Waals surface area (Å²) in [6, 6.07) is 0. The van der Waals surface area contributed by atoms with Crippen LogP contribution >= 0.6 is 0 Å². The van der Waals surface area contributed by atoms with E-state index in [2.05, 4.69) is 59.5 Å². The molecule has 0 aromatic heterocycles. The van der Waals surface area contributed by atoms with Crippen LogP contribution in [0.3, 0.4) is 0 Å². The summed E-state index contributed by atoms with van der Waals surface area (Å²) in [5.74, 6) is 4.98. The van der Waals surface area contributed by atoms with E-state index in [-0.39, 0.29) is 17.8 Å². The third-order valence-electron chi connectivity index (χ3n) is 12.8. The maximum absolute atomic E-state index is 12.6. The smallest absolute Gasteiger partial charge is 0.295 e. The van der Waals surface area contributed by atoms with Crippen molar-refractivity contribution in [3.05, 3.63) is 12.2 Å². The summed E-state index contributed by atoms with van der Waals surface area (Å²) in [4.78, 5) is 12.6. The van der Waals surface area contributed by atoms with Crippen molar-refractivity contribution in [1.29, 1.82) is 0 Å². The van der Waals surface area contributed by atoms with E-state index >= 15 is 0 Å². The predicted molar refractivity (Wildman–Crippen MR) is 150 cm³/mol. The molecule has 5 fully saturated rings. The van der Waals surface area contributed by atoms with E-state index < -0.39 is 8.32 Å². The fourth-order valence-corrected chi connectivity index (χ4v) is 11.5. The Hall–Kier alpha value is -0.613. The molecule has 0 amide bonds. The van der Waals surface area contributed by atoms with Crippen LogP contribution in [0.1, 0.15) is 86.0 Å². The highest BCUT2D eigenvalue weighted by Gasteiger charge is 2.77. The van der Waals surface area contributed by atoms with Gasteiger partial charge in [-0.05, 0) is 123 Å². The van der Waals surface area contributed by atoms with Gasteiger partial charge in [-0.3, -0.25) is 4.79 Å². The molecule has 0 aliphatic heterocycles. The molecule has 0 aromatic carbocycles. The van der Waals surface area contributed by atoms with Crippen molar-refractivity contribution in [1.82, 2.24) is 0 Å². The first kappa shape index (κ1) is 27.0. The van der Waals surface area contributed by atoms with Gasteiger partial charge in [-0.15, -0.1) is 0 Å². The second-order valence-corrected chi connectivity index (χ2v) is 19.8. The van der Waals surface area contributed by atoms with Crippen LogP contribution in [0.5, 0.6) is 0 Å². The van der Waals surface area contributed by atoms with Crippen molar-refractivity contribution >= 4 is 14.3 Å². The molecule has 5 aliphatic carbocycles. The van der Waals surface area contributed by atoms with Crippen LogP contribution in [0.25, 0.3) is 0 Å². The highest BCUT2D eigenvalue weighted by atomic mass is 28.4. The van der Waals surface area contributed by atoms with Gasteiger partial charge in [0.05, 0.1) is 12.0 Å². The minimum Gasteiger partial charge on any atom is -0.520 e. The number of carbonyl (C=O) groups excluding carboxylic acids is 1. The fraction of sp³-hybridized carbons (Fsp3) is 0.906. The molecule has 5 aliphatic rings. The molecule has 0 heterocycles. The van der Waals surface area contributed by atoms with Gasteiger partial charge in [-0.1, -0.05) is 46.8 Å². The maximum Gasteiger partial charge on any atom is 0.295 e. The standard InChI is InChI=1S/C32H54O3Si/c1-20(22(3)29(33)35-36(7,8)9)10-11-21(2)25-12-13-26-24-18-28(34-6)32-19-23(32)14-17-31(32,5)27(24)15-16-30(25,26)4/h10-11,20-28H,12-19H2,1-9H3/b11-10+/t20-,21-,22?,23?,24?,25-,26?,27?,28-,30-,31-,32?/m1/s1. The molecule has 12 atom stereocenters. The largest absolute Gasteiger partial charge is 0.520 e. The second kappa shape index (κ2) is 8.97. The zero-order chi connectivity index (χ0) is 26.3. The predicted octanol–water partition coefficient (Wildman–Crippen LogP) is 8.11. The molecule has 5 rings (SSSR count). The van der Waals surface area contributed by atoms with Gasteiger partial charge in [-0.25, -0.2) is 0 Å². The van der Waals surface area contributed by atoms with Crippen LogP contribution in [-0.2, 0) is 14.0 Å². The topological polar surface area (TPSA) is 35.5 Å². The minimum absolute atomic E-state index is 0.0220. The molecule has 0 N–H and O–H groups in total. The lowest BCUT2D eigenvalue weighted by atomic mass is 9.45. The number of rotatable bonds is 7. The van der Waals surface area contributed by atoms with Gasteiger partial charge >= 0.3 is 0 Å². The second-order valence-electron chi connectivity index (χ2n) is 15.4. The monoisotopic (exact) mass is 514 g/mol. The Labute approximate surface area is 222 Å². The van der Waals surface area contributed by atoms with Crippen LogP contribution in [-0.4, -0.2) is 27.5 Å². The molecular weight excluding hydrogens is 460 g/mol. The van der Waals surface area contributed by atoms with Crippen molar-refractivity contribution in [3.63, 3.8) is 0 Å². The zero-order valence-electron chi connectivity index (χ0n) is 24.7. The number of carbonyl (C=O) groups is 1. The molecule has 204 valence electrons. The molecule has 4 heteroatoms. The van der Waals surface area contributed by atoms with Crippen molar-refractivity contribution in [2.75, 3.05) is 7.11 Å². The molecule has 0 radical (unpaired) electrons. The fourth-order valence-electron chi connectivity index (χ4n) is 10.7. The lowest BCUT2D eigenvalue weighted by molar-refractivity contribution is -0.160. The molecular formula is C32H54O3Si. The third kappa shape index (κ3) is 3.93. The lowest BCUT2D eigenvalue weighted by Gasteiger charge is -2.61. The summed E-state index contributed by atoms with van der Waals surface area (Å²) in [6.07, 6.45) is 16.5. The summed E-state index contributed by atoms with van der Waals surface area (Å²) >= 11 is 0. The van der Waals surface area contributed by atoms with Gasteiger partial charge in [0.25, 0.3) is 5.97 Å². The number of ether oxygens (including phenoxy) is 1. The highest BCUT2D eigenvalue weighted by molar-refractivity contribution is 6.71. The highest BCUT2D eigenvalue weighted by Crippen LogP contribution is 2.82. The van der Waals surface area contributed by atoms with Gasteiger partial charge < -0.3 is 9.16 Å². The van der Waals surface area contributed by atoms with Crippen molar-refractivity contribution in [3.8, 4) is 0 Å². The van der Waals surface area contributed by atoms with Gasteiger partial charge in [0.15, 0.2) is 0 Å². The van der Waals surface area contributed by atoms with Crippen molar-refractivity contribution < 1.29 is 14.0 Å². The van der Waals surface area contributed by atoms with Crippen LogP contribution in [0.15, 0.2) is 12.2 Å².